The number of pyridine rings is 1. The summed E-state index contributed by atoms with van der Waals surface area (Å²) in [4.78, 5) is 41.1. The smallest absolute Gasteiger partial charge is 0.272 e. The monoisotopic (exact) mass is 404 g/mol. The van der Waals surface area contributed by atoms with E-state index in [1.54, 1.807) is 24.3 Å². The summed E-state index contributed by atoms with van der Waals surface area (Å²) >= 11 is 0. The molecule has 2 heterocycles. The van der Waals surface area contributed by atoms with Gasteiger partial charge in [0.05, 0.1) is 5.92 Å². The van der Waals surface area contributed by atoms with Gasteiger partial charge in [-0.05, 0) is 54.6 Å². The predicted molar refractivity (Wildman–Crippen MR) is 116 cm³/mol. The molecule has 0 bridgehead atoms. The number of H-pyrrole nitrogens is 1. The molecule has 7 heteroatoms. The van der Waals surface area contributed by atoms with Gasteiger partial charge in [-0.25, -0.2) is 0 Å². The molecule has 1 unspecified atom stereocenters. The molecule has 0 aliphatic carbocycles. The van der Waals surface area contributed by atoms with E-state index >= 15 is 0 Å². The molecule has 7 nitrogen and oxygen atoms in total. The Hall–Kier alpha value is -3.45. The van der Waals surface area contributed by atoms with E-state index in [0.717, 1.165) is 36.9 Å². The van der Waals surface area contributed by atoms with Crippen LogP contribution >= 0.6 is 0 Å². The molecule has 1 aliphatic rings. The Morgan fingerprint density at radius 3 is 2.67 bits per heavy atom. The van der Waals surface area contributed by atoms with Crippen LogP contribution in [0.4, 0.5) is 5.69 Å². The van der Waals surface area contributed by atoms with E-state index in [1.165, 1.54) is 0 Å². The van der Waals surface area contributed by atoms with E-state index in [4.69, 9.17) is 5.73 Å². The number of benzene rings is 2. The fraction of sp³-hybridized carbons (Fsp3) is 0.261. The van der Waals surface area contributed by atoms with Crippen molar-refractivity contribution < 1.29 is 9.59 Å². The molecule has 0 saturated carbocycles. The molecule has 0 spiro atoms. The van der Waals surface area contributed by atoms with Gasteiger partial charge in [-0.3, -0.25) is 19.3 Å². The first kappa shape index (κ1) is 19.8. The molecule has 2 amide bonds. The van der Waals surface area contributed by atoms with Crippen molar-refractivity contribution in [2.24, 2.45) is 11.7 Å². The van der Waals surface area contributed by atoms with Crippen LogP contribution < -0.4 is 16.6 Å². The van der Waals surface area contributed by atoms with E-state index in [0.29, 0.717) is 17.6 Å². The second-order valence-corrected chi connectivity index (χ2v) is 7.73. The lowest BCUT2D eigenvalue weighted by Crippen LogP contribution is -2.40. The van der Waals surface area contributed by atoms with Gasteiger partial charge in [0, 0.05) is 24.2 Å². The van der Waals surface area contributed by atoms with Gasteiger partial charge >= 0.3 is 0 Å². The number of likely N-dealkylation sites (tertiary alicyclic amines) is 1. The standard InChI is InChI=1S/C23H24N4O3/c24-21(28)17-5-3-11-27(14-17)13-15-7-9-18(10-8-15)25-23(30)20-12-16-4-1-2-6-19(16)22(29)26-20/h1-2,4,6-10,12,17H,3,5,11,13-14H2,(H2,24,28)(H,25,30)(H,26,29). The second kappa shape index (κ2) is 8.51. The summed E-state index contributed by atoms with van der Waals surface area (Å²) < 4.78 is 0. The molecular weight excluding hydrogens is 380 g/mol. The van der Waals surface area contributed by atoms with Gasteiger partial charge in [0.15, 0.2) is 0 Å². The average Bonchev–Trinajstić information content (AvgIpc) is 2.75. The summed E-state index contributed by atoms with van der Waals surface area (Å²) in [5.74, 6) is -0.683. The van der Waals surface area contributed by atoms with Crippen molar-refractivity contribution in [1.82, 2.24) is 9.88 Å². The lowest BCUT2D eigenvalue weighted by atomic mass is 9.97. The minimum Gasteiger partial charge on any atom is -0.369 e. The first-order valence-corrected chi connectivity index (χ1v) is 10.0. The van der Waals surface area contributed by atoms with Crippen molar-refractivity contribution in [2.75, 3.05) is 18.4 Å². The number of carbonyl (C=O) groups excluding carboxylic acids is 2. The number of primary amides is 1. The second-order valence-electron chi connectivity index (χ2n) is 7.73. The van der Waals surface area contributed by atoms with Crippen LogP contribution in [0.3, 0.4) is 0 Å². The van der Waals surface area contributed by atoms with Crippen LogP contribution in [0.15, 0.2) is 59.4 Å². The first-order chi connectivity index (χ1) is 14.5. The number of nitrogens with two attached hydrogens (primary N) is 1. The van der Waals surface area contributed by atoms with Gasteiger partial charge in [0.25, 0.3) is 11.5 Å². The van der Waals surface area contributed by atoms with Gasteiger partial charge < -0.3 is 16.0 Å². The number of carbonyl (C=O) groups is 2. The highest BCUT2D eigenvalue weighted by Gasteiger charge is 2.23. The van der Waals surface area contributed by atoms with E-state index in [1.807, 2.05) is 30.3 Å². The molecule has 0 radical (unpaired) electrons. The van der Waals surface area contributed by atoms with Crippen LogP contribution in [0, 0.1) is 5.92 Å². The average molecular weight is 404 g/mol. The molecule has 1 atom stereocenters. The molecule has 1 aliphatic heterocycles. The maximum absolute atomic E-state index is 12.6. The Morgan fingerprint density at radius 1 is 1.13 bits per heavy atom. The quantitative estimate of drug-likeness (QED) is 0.607. The third kappa shape index (κ3) is 4.41. The maximum atomic E-state index is 12.6. The number of rotatable bonds is 5. The Bertz CT molecular complexity index is 1140. The third-order valence-corrected chi connectivity index (χ3v) is 5.52. The van der Waals surface area contributed by atoms with Crippen molar-refractivity contribution in [3.63, 3.8) is 0 Å². The van der Waals surface area contributed by atoms with E-state index in [2.05, 4.69) is 15.2 Å². The number of nitrogens with one attached hydrogen (secondary N) is 2. The Labute approximate surface area is 173 Å². The highest BCUT2D eigenvalue weighted by molar-refractivity contribution is 6.04. The molecular formula is C23H24N4O3. The molecule has 1 saturated heterocycles. The first-order valence-electron chi connectivity index (χ1n) is 10.0. The minimum absolute atomic E-state index is 0.0820. The zero-order chi connectivity index (χ0) is 21.1. The zero-order valence-electron chi connectivity index (χ0n) is 16.6. The normalized spacial score (nSPS) is 17.0. The molecule has 4 N–H and O–H groups in total. The van der Waals surface area contributed by atoms with Crippen molar-refractivity contribution in [3.05, 3.63) is 76.2 Å². The van der Waals surface area contributed by atoms with Gasteiger partial charge in [0.1, 0.15) is 5.69 Å². The number of nitrogens with zero attached hydrogens (tertiary/aromatic N) is 1. The summed E-state index contributed by atoms with van der Waals surface area (Å²) in [5, 5.41) is 4.09. The van der Waals surface area contributed by atoms with Crippen molar-refractivity contribution in [1.29, 1.82) is 0 Å². The zero-order valence-corrected chi connectivity index (χ0v) is 16.6. The van der Waals surface area contributed by atoms with Crippen molar-refractivity contribution >= 4 is 28.3 Å². The lowest BCUT2D eigenvalue weighted by Gasteiger charge is -2.31. The molecule has 154 valence electrons. The predicted octanol–water partition coefficient (Wildman–Crippen LogP) is 2.48. The SMILES string of the molecule is NC(=O)C1CCCN(Cc2ccc(NC(=O)c3cc4ccccc4c(=O)[nH]3)cc2)C1. The molecule has 2 aromatic carbocycles. The number of amides is 2. The fourth-order valence-corrected chi connectivity index (χ4v) is 3.91. The van der Waals surface area contributed by atoms with Crippen LogP contribution in [0.5, 0.6) is 0 Å². The number of aromatic amines is 1. The third-order valence-electron chi connectivity index (χ3n) is 5.52. The molecule has 1 fully saturated rings. The van der Waals surface area contributed by atoms with Crippen LogP contribution in [0.25, 0.3) is 10.8 Å². The van der Waals surface area contributed by atoms with E-state index < -0.39 is 0 Å². The van der Waals surface area contributed by atoms with Gasteiger partial charge in [0.2, 0.25) is 5.91 Å². The lowest BCUT2D eigenvalue weighted by molar-refractivity contribution is -0.123. The number of anilines is 1. The number of hydrogen-bond donors (Lipinski definition) is 3. The Kier molecular flexibility index (Phi) is 5.63. The van der Waals surface area contributed by atoms with E-state index in [9.17, 15) is 14.4 Å². The van der Waals surface area contributed by atoms with Gasteiger partial charge in [-0.2, -0.15) is 0 Å². The minimum atomic E-state index is -0.370. The van der Waals surface area contributed by atoms with Crippen molar-refractivity contribution in [2.45, 2.75) is 19.4 Å². The summed E-state index contributed by atoms with van der Waals surface area (Å²) in [6.07, 6.45) is 1.82. The molecule has 30 heavy (non-hydrogen) atoms. The van der Waals surface area contributed by atoms with Gasteiger partial charge in [-0.1, -0.05) is 30.3 Å². The maximum Gasteiger partial charge on any atom is 0.272 e. The van der Waals surface area contributed by atoms with Crippen molar-refractivity contribution in [3.8, 4) is 0 Å². The summed E-state index contributed by atoms with van der Waals surface area (Å²) in [6.45, 7) is 2.36. The van der Waals surface area contributed by atoms with Gasteiger partial charge in [-0.15, -0.1) is 0 Å². The largest absolute Gasteiger partial charge is 0.369 e. The summed E-state index contributed by atoms with van der Waals surface area (Å²) in [6, 6.07) is 16.4. The summed E-state index contributed by atoms with van der Waals surface area (Å²) in [7, 11) is 0. The number of aromatic nitrogens is 1. The van der Waals surface area contributed by atoms with Crippen LogP contribution in [-0.2, 0) is 11.3 Å². The number of piperidine rings is 1. The Balaban J connectivity index is 1.42. The van der Waals surface area contributed by atoms with Crippen LogP contribution in [-0.4, -0.2) is 34.8 Å². The van der Waals surface area contributed by atoms with Crippen LogP contribution in [0.2, 0.25) is 0 Å². The highest BCUT2D eigenvalue weighted by Crippen LogP contribution is 2.19. The van der Waals surface area contributed by atoms with E-state index in [-0.39, 0.29) is 29.0 Å². The summed E-state index contributed by atoms with van der Waals surface area (Å²) in [5.41, 5.74) is 7.12. The Morgan fingerprint density at radius 2 is 1.90 bits per heavy atom. The number of fused-ring (bicyclic) bond motifs is 1. The fourth-order valence-electron chi connectivity index (χ4n) is 3.91. The molecule has 3 aromatic rings. The topological polar surface area (TPSA) is 108 Å². The highest BCUT2D eigenvalue weighted by atomic mass is 16.2. The molecule has 1 aromatic heterocycles. The van der Waals surface area contributed by atoms with Crippen LogP contribution in [0.1, 0.15) is 28.9 Å². The number of hydrogen-bond acceptors (Lipinski definition) is 4. The molecule has 4 rings (SSSR count).